The summed E-state index contributed by atoms with van der Waals surface area (Å²) in [6, 6.07) is 0.344. The highest BCUT2D eigenvalue weighted by atomic mass is 32.2. The van der Waals surface area contributed by atoms with Gasteiger partial charge in [-0.2, -0.15) is 0 Å². The molecular formula is C25H45N4O4S+. The Bertz CT molecular complexity index is 723. The van der Waals surface area contributed by atoms with Crippen LogP contribution in [-0.4, -0.2) is 96.5 Å². The number of carbonyl (C=O) groups is 1. The van der Waals surface area contributed by atoms with Crippen molar-refractivity contribution in [1.29, 1.82) is 0 Å². The van der Waals surface area contributed by atoms with E-state index in [1.165, 1.54) is 0 Å². The number of hydrogen-bond donors (Lipinski definition) is 5. The smallest absolute Gasteiger partial charge is 0.220 e. The Hall–Kier alpha value is -0.680. The number of aliphatic hydroxyl groups is 2. The van der Waals surface area contributed by atoms with Crippen LogP contribution >= 0.6 is 11.8 Å². The number of quaternary nitrogens is 1. The van der Waals surface area contributed by atoms with Gasteiger partial charge in [0, 0.05) is 50.5 Å². The van der Waals surface area contributed by atoms with Crippen molar-refractivity contribution in [2.75, 3.05) is 52.5 Å². The van der Waals surface area contributed by atoms with E-state index in [2.05, 4.69) is 41.3 Å². The van der Waals surface area contributed by atoms with Gasteiger partial charge >= 0.3 is 0 Å². The summed E-state index contributed by atoms with van der Waals surface area (Å²) < 4.78 is 5.42. The van der Waals surface area contributed by atoms with Crippen molar-refractivity contribution in [3.8, 4) is 0 Å². The number of hydrogen-bond acceptors (Lipinski definition) is 7. The second-order valence-electron chi connectivity index (χ2n) is 11.2. The van der Waals surface area contributed by atoms with E-state index < -0.39 is 11.5 Å². The van der Waals surface area contributed by atoms with Crippen LogP contribution in [0.5, 0.6) is 0 Å². The number of nitrogens with one attached hydrogen (secondary N) is 2. The average Bonchev–Trinajstić information content (AvgIpc) is 3.25. The van der Waals surface area contributed by atoms with Crippen molar-refractivity contribution >= 4 is 17.7 Å². The highest BCUT2D eigenvalue weighted by Crippen LogP contribution is 2.62. The molecule has 6 N–H and O–H groups in total. The fourth-order valence-corrected chi connectivity index (χ4v) is 8.80. The Balaban J connectivity index is 1.48. The summed E-state index contributed by atoms with van der Waals surface area (Å²) in [5.74, 6) is 0.498. The second-order valence-corrected chi connectivity index (χ2v) is 12.6. The molecule has 9 heteroatoms. The summed E-state index contributed by atoms with van der Waals surface area (Å²) in [7, 11) is 0. The lowest BCUT2D eigenvalue weighted by Gasteiger charge is -2.60. The molecule has 0 aromatic heterocycles. The number of thioether (sulfide) groups is 1. The van der Waals surface area contributed by atoms with Crippen molar-refractivity contribution < 1.29 is 25.1 Å². The van der Waals surface area contributed by atoms with Crippen molar-refractivity contribution in [1.82, 2.24) is 15.5 Å². The van der Waals surface area contributed by atoms with Crippen LogP contribution in [0.2, 0.25) is 0 Å². The molecule has 0 spiro atoms. The zero-order valence-electron chi connectivity index (χ0n) is 20.9. The first-order chi connectivity index (χ1) is 16.3. The fourth-order valence-electron chi connectivity index (χ4n) is 7.20. The minimum absolute atomic E-state index is 0.0171. The molecule has 8 nitrogen and oxygen atoms in total. The molecule has 2 heterocycles. The molecule has 4 aliphatic rings. The van der Waals surface area contributed by atoms with Gasteiger partial charge in [0.25, 0.3) is 0 Å². The van der Waals surface area contributed by atoms with Crippen LogP contribution in [0.4, 0.5) is 0 Å². The van der Waals surface area contributed by atoms with Crippen LogP contribution in [0.25, 0.3) is 0 Å². The molecule has 2 aliphatic carbocycles. The molecule has 4 fully saturated rings. The first-order valence-corrected chi connectivity index (χ1v) is 14.0. The zero-order chi connectivity index (χ0) is 24.3. The second kappa shape index (κ2) is 11.2. The Kier molecular flexibility index (Phi) is 8.65. The van der Waals surface area contributed by atoms with E-state index in [4.69, 9.17) is 4.74 Å². The van der Waals surface area contributed by atoms with Crippen LogP contribution < -0.4 is 16.0 Å². The van der Waals surface area contributed by atoms with E-state index in [1.807, 2.05) is 17.8 Å². The highest BCUT2D eigenvalue weighted by molar-refractivity contribution is 8.00. The average molecular weight is 498 g/mol. The molecule has 34 heavy (non-hydrogen) atoms. The topological polar surface area (TPSA) is 111 Å². The predicted octanol–water partition coefficient (Wildman–Crippen LogP) is -0.273. The summed E-state index contributed by atoms with van der Waals surface area (Å²) >= 11 is 1.94. The monoisotopic (exact) mass is 497 g/mol. The minimum atomic E-state index is -0.532. The number of nitrogens with two attached hydrogens (primary N) is 1. The molecule has 194 valence electrons. The van der Waals surface area contributed by atoms with Crippen molar-refractivity contribution in [3.05, 3.63) is 12.7 Å². The molecular weight excluding hydrogens is 452 g/mol. The standard InChI is InChI=1S/C25H44N4O4S/c1-4-7-27-23-28-22-17(14-21(32)26-8-9-29-10-12-33-13-11-29)24(2)6-5-20(31)25(3,16-30)19(24)15-18(22)34-23/h4,17-20,22-23,27-28,30-31H,1,5-16H2,2-3H3,(H,26,32)/p+1/t17-,18?,19+,20-,22?,23?,24+,25+/m1/s1. The highest BCUT2D eigenvalue weighted by Gasteiger charge is 2.64. The summed E-state index contributed by atoms with van der Waals surface area (Å²) in [4.78, 5) is 15.5. The van der Waals surface area contributed by atoms with Gasteiger partial charge in [-0.1, -0.05) is 31.7 Å². The Labute approximate surface area is 208 Å². The molecule has 2 saturated carbocycles. The van der Waals surface area contributed by atoms with Crippen LogP contribution in [0.15, 0.2) is 12.7 Å². The number of fused-ring (bicyclic) bond motifs is 2. The summed E-state index contributed by atoms with van der Waals surface area (Å²) in [5.41, 5.74) is -0.381. The van der Waals surface area contributed by atoms with Crippen molar-refractivity contribution in [3.63, 3.8) is 0 Å². The molecule has 3 unspecified atom stereocenters. The predicted molar refractivity (Wildman–Crippen MR) is 134 cm³/mol. The quantitative estimate of drug-likeness (QED) is 0.279. The zero-order valence-corrected chi connectivity index (χ0v) is 21.7. The van der Waals surface area contributed by atoms with Gasteiger partial charge in [0.1, 0.15) is 6.04 Å². The van der Waals surface area contributed by atoms with Crippen LogP contribution in [0, 0.1) is 22.7 Å². The van der Waals surface area contributed by atoms with E-state index in [9.17, 15) is 15.0 Å². The summed E-state index contributed by atoms with van der Waals surface area (Å²) in [6.45, 7) is 13.9. The van der Waals surface area contributed by atoms with Gasteiger partial charge in [-0.05, 0) is 30.6 Å². The van der Waals surface area contributed by atoms with Crippen molar-refractivity contribution in [2.24, 2.45) is 22.7 Å². The maximum Gasteiger partial charge on any atom is 0.220 e. The minimum Gasteiger partial charge on any atom is -0.396 e. The maximum atomic E-state index is 13.2. The summed E-state index contributed by atoms with van der Waals surface area (Å²) in [5, 5.41) is 30.9. The molecule has 2 saturated heterocycles. The first kappa shape index (κ1) is 26.4. The number of rotatable bonds is 9. The molecule has 2 aliphatic heterocycles. The van der Waals surface area contributed by atoms with E-state index >= 15 is 0 Å². The first-order valence-electron chi connectivity index (χ1n) is 13.0. The molecule has 8 atom stereocenters. The summed E-state index contributed by atoms with van der Waals surface area (Å²) in [6.07, 6.45) is 4.43. The van der Waals surface area contributed by atoms with Gasteiger partial charge in [-0.15, -0.1) is 6.58 Å². The van der Waals surface area contributed by atoms with Crippen LogP contribution in [0.1, 0.15) is 39.5 Å². The molecule has 0 aromatic rings. The largest absolute Gasteiger partial charge is 0.396 e. The third-order valence-corrected chi connectivity index (χ3v) is 10.8. The number of carbonyl (C=O) groups excluding carboxylic acids is 1. The Morgan fingerprint density at radius 3 is 2.82 bits per heavy atom. The number of aliphatic hydroxyl groups excluding tert-OH is 2. The van der Waals surface area contributed by atoms with Gasteiger partial charge in [-0.3, -0.25) is 15.0 Å². The van der Waals surface area contributed by atoms with Gasteiger partial charge in [0.15, 0.2) is 5.50 Å². The van der Waals surface area contributed by atoms with Crippen molar-refractivity contribution in [2.45, 2.75) is 62.4 Å². The van der Waals surface area contributed by atoms with Gasteiger partial charge in [-0.25, -0.2) is 0 Å². The third kappa shape index (κ3) is 5.21. The normalized spacial score (nSPS) is 42.6. The number of ether oxygens (including phenoxy) is 1. The van der Waals surface area contributed by atoms with Crippen LogP contribution in [0.3, 0.4) is 0 Å². The lowest BCUT2D eigenvalue weighted by Crippen LogP contribution is -2.97. The third-order valence-electron chi connectivity index (χ3n) is 9.30. The lowest BCUT2D eigenvalue weighted by atomic mass is 9.46. The van der Waals surface area contributed by atoms with Crippen LogP contribution in [-0.2, 0) is 9.53 Å². The van der Waals surface area contributed by atoms with E-state index in [0.717, 1.165) is 52.2 Å². The molecule has 4 rings (SSSR count). The number of morpholine rings is 1. The Morgan fingerprint density at radius 2 is 2.12 bits per heavy atom. The fraction of sp³-hybridized carbons (Fsp3) is 0.880. The maximum absolute atomic E-state index is 13.2. The van der Waals surface area contributed by atoms with E-state index in [1.54, 1.807) is 0 Å². The van der Waals surface area contributed by atoms with Gasteiger partial charge < -0.3 is 25.6 Å². The molecule has 0 bridgehead atoms. The lowest BCUT2D eigenvalue weighted by molar-refractivity contribution is -0.708. The Morgan fingerprint density at radius 1 is 1.35 bits per heavy atom. The molecule has 1 amide bonds. The van der Waals surface area contributed by atoms with E-state index in [-0.39, 0.29) is 35.3 Å². The molecule has 0 radical (unpaired) electrons. The van der Waals surface area contributed by atoms with E-state index in [0.29, 0.717) is 30.7 Å². The number of amides is 1. The SMILES string of the molecule is C=CCNC1[NH2+]C2C(C[C@@H]3[C@](C)(CO)[C@H](O)CC[C@@]3(C)[C@@H]2CC(=O)NCCN2CCOCC2)S1. The molecule has 0 aromatic carbocycles. The number of nitrogens with zero attached hydrogens (tertiary/aromatic N) is 1. The van der Waals surface area contributed by atoms with Gasteiger partial charge in [0.2, 0.25) is 5.91 Å². The van der Waals surface area contributed by atoms with Gasteiger partial charge in [0.05, 0.1) is 31.2 Å².